The van der Waals surface area contributed by atoms with E-state index in [1.807, 2.05) is 6.92 Å². The summed E-state index contributed by atoms with van der Waals surface area (Å²) in [5.74, 6) is 0.608. The third-order valence-electron chi connectivity index (χ3n) is 3.34. The van der Waals surface area contributed by atoms with Gasteiger partial charge in [-0.25, -0.2) is 0 Å². The topological polar surface area (TPSA) is 60.2 Å². The van der Waals surface area contributed by atoms with Crippen molar-refractivity contribution in [2.75, 3.05) is 13.7 Å². The molecular weight excluding hydrogens is 359 g/mol. The maximum atomic E-state index is 13.0. The number of alkyl halides is 3. The van der Waals surface area contributed by atoms with Gasteiger partial charge in [-0.15, -0.1) is 12.4 Å². The van der Waals surface area contributed by atoms with E-state index >= 15 is 0 Å². The van der Waals surface area contributed by atoms with Crippen LogP contribution in [0.15, 0.2) is 35.4 Å². The molecule has 0 amide bonds. The molecule has 0 saturated carbocycles. The van der Waals surface area contributed by atoms with Gasteiger partial charge in [0.25, 0.3) is 5.89 Å². The number of likely N-dealkylation sites (N-methyl/N-ethyl adjacent to an activating group) is 1. The molecule has 0 aliphatic carbocycles. The molecule has 0 spiro atoms. The lowest BCUT2D eigenvalue weighted by atomic mass is 10.1. The summed E-state index contributed by atoms with van der Waals surface area (Å²) in [4.78, 5) is 4.17. The quantitative estimate of drug-likeness (QED) is 0.742. The summed E-state index contributed by atoms with van der Waals surface area (Å²) in [5, 5.41) is 6.84. The van der Waals surface area contributed by atoms with E-state index in [1.165, 1.54) is 12.1 Å². The van der Waals surface area contributed by atoms with Crippen molar-refractivity contribution in [3.8, 4) is 17.2 Å². The number of ether oxygens (including phenoxy) is 1. The van der Waals surface area contributed by atoms with E-state index < -0.39 is 11.7 Å². The number of nitrogens with one attached hydrogen (secondary N) is 1. The normalized spacial score (nSPS) is 12.4. The molecule has 0 bridgehead atoms. The number of hydrogen-bond donors (Lipinski definition) is 1. The SMILES string of the molecule is C=CCOc1ccc(C(F)(F)F)cc1-c1nc(CC(C)NC)no1.Cl. The van der Waals surface area contributed by atoms with Crippen LogP contribution in [0.25, 0.3) is 11.5 Å². The Morgan fingerprint density at radius 3 is 2.72 bits per heavy atom. The third-order valence-corrected chi connectivity index (χ3v) is 3.34. The van der Waals surface area contributed by atoms with Crippen molar-refractivity contribution in [1.82, 2.24) is 15.5 Å². The summed E-state index contributed by atoms with van der Waals surface area (Å²) in [6.45, 7) is 5.60. The van der Waals surface area contributed by atoms with Gasteiger partial charge in [-0.1, -0.05) is 17.8 Å². The highest BCUT2D eigenvalue weighted by Crippen LogP contribution is 2.36. The van der Waals surface area contributed by atoms with Crippen LogP contribution >= 0.6 is 12.4 Å². The molecule has 0 aliphatic heterocycles. The Morgan fingerprint density at radius 1 is 1.40 bits per heavy atom. The first-order valence-corrected chi connectivity index (χ1v) is 7.30. The van der Waals surface area contributed by atoms with Crippen molar-refractivity contribution < 1.29 is 22.4 Å². The first-order chi connectivity index (χ1) is 11.3. The fourth-order valence-corrected chi connectivity index (χ4v) is 1.97. The minimum atomic E-state index is -4.48. The van der Waals surface area contributed by atoms with Crippen LogP contribution in [0.2, 0.25) is 0 Å². The predicted octanol–water partition coefficient (Wildman–Crippen LogP) is 3.89. The molecule has 1 heterocycles. The van der Waals surface area contributed by atoms with Crippen LogP contribution in [-0.4, -0.2) is 29.8 Å². The number of halogens is 4. The number of hydrogen-bond acceptors (Lipinski definition) is 5. The maximum absolute atomic E-state index is 13.0. The first kappa shape index (κ1) is 21.0. The van der Waals surface area contributed by atoms with E-state index in [1.54, 1.807) is 7.05 Å². The van der Waals surface area contributed by atoms with Crippen molar-refractivity contribution in [1.29, 1.82) is 0 Å². The zero-order chi connectivity index (χ0) is 17.7. The fraction of sp³-hybridized carbons (Fsp3) is 0.375. The van der Waals surface area contributed by atoms with Crippen molar-refractivity contribution in [3.05, 3.63) is 42.2 Å². The number of benzene rings is 1. The lowest BCUT2D eigenvalue weighted by Crippen LogP contribution is -2.24. The van der Waals surface area contributed by atoms with Gasteiger partial charge in [-0.05, 0) is 32.2 Å². The molecular formula is C16H19ClF3N3O2. The molecule has 1 unspecified atom stereocenters. The van der Waals surface area contributed by atoms with Crippen LogP contribution in [0.4, 0.5) is 13.2 Å². The molecule has 5 nitrogen and oxygen atoms in total. The smallest absolute Gasteiger partial charge is 0.416 e. The van der Waals surface area contributed by atoms with Gasteiger partial charge < -0.3 is 14.6 Å². The van der Waals surface area contributed by atoms with Crippen LogP contribution < -0.4 is 10.1 Å². The highest BCUT2D eigenvalue weighted by molar-refractivity contribution is 5.85. The van der Waals surface area contributed by atoms with Gasteiger partial charge >= 0.3 is 6.18 Å². The third kappa shape index (κ3) is 5.47. The van der Waals surface area contributed by atoms with Crippen molar-refractivity contribution in [3.63, 3.8) is 0 Å². The zero-order valence-corrected chi connectivity index (χ0v) is 14.6. The summed E-state index contributed by atoms with van der Waals surface area (Å²) in [7, 11) is 1.79. The van der Waals surface area contributed by atoms with E-state index in [9.17, 15) is 13.2 Å². The Hall–Kier alpha value is -2.06. The molecule has 0 radical (unpaired) electrons. The van der Waals surface area contributed by atoms with E-state index in [2.05, 4.69) is 22.0 Å². The predicted molar refractivity (Wildman–Crippen MR) is 89.9 cm³/mol. The van der Waals surface area contributed by atoms with Crippen LogP contribution in [0.5, 0.6) is 5.75 Å². The highest BCUT2D eigenvalue weighted by atomic mass is 35.5. The monoisotopic (exact) mass is 377 g/mol. The van der Waals surface area contributed by atoms with Gasteiger partial charge in [-0.2, -0.15) is 18.2 Å². The molecule has 1 atom stereocenters. The number of nitrogens with zero attached hydrogens (tertiary/aromatic N) is 2. The molecule has 9 heteroatoms. The standard InChI is InChI=1S/C16H18F3N3O2.ClH/c1-4-7-23-13-6-5-11(16(17,18)19)9-12(13)15-21-14(22-24-15)8-10(2)20-3;/h4-6,9-10,20H,1,7-8H2,2-3H3;1H. The van der Waals surface area contributed by atoms with Crippen LogP contribution in [0.1, 0.15) is 18.3 Å². The van der Waals surface area contributed by atoms with E-state index in [-0.39, 0.29) is 42.3 Å². The van der Waals surface area contributed by atoms with Crippen molar-refractivity contribution in [2.24, 2.45) is 0 Å². The molecule has 25 heavy (non-hydrogen) atoms. The minimum absolute atomic E-state index is 0. The Bertz CT molecular complexity index is 704. The summed E-state index contributed by atoms with van der Waals surface area (Å²) >= 11 is 0. The second-order valence-electron chi connectivity index (χ2n) is 5.22. The number of aromatic nitrogens is 2. The van der Waals surface area contributed by atoms with Gasteiger partial charge in [0.05, 0.1) is 11.1 Å². The van der Waals surface area contributed by atoms with Gasteiger partial charge in [0, 0.05) is 12.5 Å². The lowest BCUT2D eigenvalue weighted by molar-refractivity contribution is -0.137. The lowest BCUT2D eigenvalue weighted by Gasteiger charge is -2.11. The fourth-order valence-electron chi connectivity index (χ4n) is 1.97. The molecule has 2 aromatic rings. The van der Waals surface area contributed by atoms with Crippen LogP contribution in [-0.2, 0) is 12.6 Å². The van der Waals surface area contributed by atoms with E-state index in [0.717, 1.165) is 12.1 Å². The minimum Gasteiger partial charge on any atom is -0.489 e. The largest absolute Gasteiger partial charge is 0.489 e. The average Bonchev–Trinajstić information content (AvgIpc) is 3.00. The first-order valence-electron chi connectivity index (χ1n) is 7.30. The van der Waals surface area contributed by atoms with Crippen molar-refractivity contribution >= 4 is 12.4 Å². The molecule has 1 N–H and O–H groups in total. The Morgan fingerprint density at radius 2 is 2.12 bits per heavy atom. The van der Waals surface area contributed by atoms with Gasteiger partial charge in [0.2, 0.25) is 0 Å². The van der Waals surface area contributed by atoms with Crippen LogP contribution in [0.3, 0.4) is 0 Å². The van der Waals surface area contributed by atoms with E-state index in [0.29, 0.717) is 12.2 Å². The molecule has 0 fully saturated rings. The average molecular weight is 378 g/mol. The highest BCUT2D eigenvalue weighted by Gasteiger charge is 2.32. The molecule has 1 aromatic heterocycles. The maximum Gasteiger partial charge on any atom is 0.416 e. The van der Waals surface area contributed by atoms with Gasteiger partial charge in [-0.3, -0.25) is 0 Å². The number of rotatable bonds is 7. The molecule has 138 valence electrons. The summed E-state index contributed by atoms with van der Waals surface area (Å²) < 4.78 is 49.4. The second-order valence-corrected chi connectivity index (χ2v) is 5.22. The Kier molecular flexibility index (Phi) is 7.44. The second kappa shape index (κ2) is 8.87. The zero-order valence-electron chi connectivity index (χ0n) is 13.8. The molecule has 0 aliphatic rings. The van der Waals surface area contributed by atoms with Gasteiger partial charge in [0.15, 0.2) is 5.82 Å². The molecule has 1 aromatic carbocycles. The van der Waals surface area contributed by atoms with Crippen LogP contribution in [0, 0.1) is 0 Å². The summed E-state index contributed by atoms with van der Waals surface area (Å²) in [6, 6.07) is 3.23. The molecule has 0 saturated heterocycles. The Balaban J connectivity index is 0.00000312. The molecule has 2 rings (SSSR count). The van der Waals surface area contributed by atoms with Crippen molar-refractivity contribution in [2.45, 2.75) is 25.6 Å². The van der Waals surface area contributed by atoms with E-state index in [4.69, 9.17) is 9.26 Å². The Labute approximate surface area is 149 Å². The summed E-state index contributed by atoms with van der Waals surface area (Å²) in [5.41, 5.74) is -0.714. The van der Waals surface area contributed by atoms with Gasteiger partial charge in [0.1, 0.15) is 12.4 Å². The summed E-state index contributed by atoms with van der Waals surface area (Å²) in [6.07, 6.45) is -2.49.